The van der Waals surface area contributed by atoms with Crippen LogP contribution in [0, 0.1) is 6.92 Å². The Labute approximate surface area is 223 Å². The molecule has 0 saturated heterocycles. The van der Waals surface area contributed by atoms with Gasteiger partial charge in [-0.1, -0.05) is 51.1 Å². The molecule has 0 aliphatic rings. The Morgan fingerprint density at radius 3 is 2.29 bits per heavy atom. The minimum atomic E-state index is -3.96. The number of anilines is 1. The van der Waals surface area contributed by atoms with Crippen LogP contribution in [0.25, 0.3) is 0 Å². The van der Waals surface area contributed by atoms with Crippen LogP contribution >= 0.6 is 0 Å². The normalized spacial score (nSPS) is 11.4. The van der Waals surface area contributed by atoms with E-state index in [1.54, 1.807) is 31.2 Å². The number of carboxylic acids is 1. The van der Waals surface area contributed by atoms with Crippen LogP contribution < -0.4 is 9.04 Å². The molecule has 0 amide bonds. The van der Waals surface area contributed by atoms with Crippen LogP contribution in [0.1, 0.15) is 37.5 Å². The van der Waals surface area contributed by atoms with Crippen molar-refractivity contribution in [2.24, 2.45) is 0 Å². The molecule has 7 nitrogen and oxygen atoms in total. The van der Waals surface area contributed by atoms with Gasteiger partial charge in [-0.3, -0.25) is 9.29 Å². The van der Waals surface area contributed by atoms with Crippen molar-refractivity contribution in [2.75, 3.05) is 10.9 Å². The molecule has 1 aromatic heterocycles. The monoisotopic (exact) mass is 492 g/mol. The Morgan fingerprint density at radius 2 is 1.74 bits per heavy atom. The number of rotatable bonds is 8. The molecule has 0 unspecified atom stereocenters. The number of nitrogens with zero attached hydrogens (tertiary/aromatic N) is 2. The average molecular weight is 493 g/mol. The number of pyridine rings is 1. The number of ether oxygens (including phenoxy) is 1. The maximum atomic E-state index is 13.6. The second kappa shape index (κ2) is 11.4. The van der Waals surface area contributed by atoms with Gasteiger partial charge >= 0.3 is 35.5 Å². The van der Waals surface area contributed by atoms with Crippen LogP contribution in [0.5, 0.6) is 5.75 Å². The molecule has 0 atom stereocenters. The van der Waals surface area contributed by atoms with Crippen LogP contribution in [-0.2, 0) is 26.8 Å². The number of aliphatic carboxylic acids is 1. The third-order valence-electron chi connectivity index (χ3n) is 5.24. The molecule has 3 aromatic rings. The molecular weight excluding hydrogens is 463 g/mol. The van der Waals surface area contributed by atoms with Crippen molar-refractivity contribution in [3.63, 3.8) is 0 Å². The molecule has 0 saturated carbocycles. The number of aromatic nitrogens is 1. The standard InChI is InChI=1S/C25H28N2O5S.Na.H/c1-18-22(8-5-9-23(18)32-17-24(28)29)27(33(30,31)21-7-6-14-26-15-21)16-19-10-12-20(13-11-19)25(2,3)4;;/h5-15H,16-17H2,1-4H3,(H,28,29);;. The van der Waals surface area contributed by atoms with Crippen molar-refractivity contribution in [3.8, 4) is 5.75 Å². The summed E-state index contributed by atoms with van der Waals surface area (Å²) in [4.78, 5) is 15.0. The van der Waals surface area contributed by atoms with E-state index in [4.69, 9.17) is 9.84 Å². The molecule has 1 heterocycles. The van der Waals surface area contributed by atoms with Crippen molar-refractivity contribution in [1.82, 2.24) is 4.98 Å². The Balaban J connectivity index is 0.00000408. The molecule has 3 rings (SSSR count). The first kappa shape index (κ1) is 27.9. The molecule has 9 heteroatoms. The van der Waals surface area contributed by atoms with Crippen molar-refractivity contribution in [3.05, 3.63) is 83.7 Å². The predicted octanol–water partition coefficient (Wildman–Crippen LogP) is 3.90. The SMILES string of the molecule is Cc1c(OCC(=O)O)cccc1N(Cc1ccc(C(C)(C)C)cc1)S(=O)(=O)c1cccnc1.[NaH]. The Morgan fingerprint density at radius 1 is 1.06 bits per heavy atom. The second-order valence-corrected chi connectivity index (χ2v) is 10.6. The number of sulfonamides is 1. The first-order chi connectivity index (χ1) is 15.5. The summed E-state index contributed by atoms with van der Waals surface area (Å²) in [6.45, 7) is 7.63. The van der Waals surface area contributed by atoms with Crippen molar-refractivity contribution >= 4 is 51.2 Å². The third kappa shape index (κ3) is 6.60. The molecule has 1 N–H and O–H groups in total. The van der Waals surface area contributed by atoms with Crippen molar-refractivity contribution < 1.29 is 23.1 Å². The molecule has 2 aromatic carbocycles. The summed E-state index contributed by atoms with van der Waals surface area (Å²) < 4.78 is 34.0. The molecule has 0 aliphatic heterocycles. The van der Waals surface area contributed by atoms with Gasteiger partial charge in [-0.15, -0.1) is 0 Å². The van der Waals surface area contributed by atoms with Gasteiger partial charge in [0.2, 0.25) is 0 Å². The van der Waals surface area contributed by atoms with Crippen LogP contribution in [0.15, 0.2) is 71.9 Å². The van der Waals surface area contributed by atoms with Gasteiger partial charge in [0.25, 0.3) is 10.0 Å². The molecule has 176 valence electrons. The fourth-order valence-corrected chi connectivity index (χ4v) is 4.85. The first-order valence-corrected chi connectivity index (χ1v) is 11.9. The summed E-state index contributed by atoms with van der Waals surface area (Å²) >= 11 is 0. The number of hydrogen-bond donors (Lipinski definition) is 1. The van der Waals surface area contributed by atoms with Gasteiger partial charge in [0.05, 0.1) is 12.2 Å². The fourth-order valence-electron chi connectivity index (χ4n) is 3.37. The zero-order chi connectivity index (χ0) is 24.2. The third-order valence-corrected chi connectivity index (χ3v) is 6.99. The number of carboxylic acid groups (broad SMARTS) is 1. The van der Waals surface area contributed by atoms with E-state index in [0.29, 0.717) is 17.0 Å². The summed E-state index contributed by atoms with van der Waals surface area (Å²) in [6.07, 6.45) is 2.82. The second-order valence-electron chi connectivity index (χ2n) is 8.73. The predicted molar refractivity (Wildman–Crippen MR) is 134 cm³/mol. The van der Waals surface area contributed by atoms with Gasteiger partial charge in [0, 0.05) is 18.0 Å². The number of carbonyl (C=O) groups is 1. The van der Waals surface area contributed by atoms with E-state index in [-0.39, 0.29) is 46.4 Å². The van der Waals surface area contributed by atoms with Crippen molar-refractivity contribution in [1.29, 1.82) is 0 Å². The minimum absolute atomic E-state index is 0. The average Bonchev–Trinajstić information content (AvgIpc) is 2.77. The van der Waals surface area contributed by atoms with Gasteiger partial charge in [0.1, 0.15) is 10.6 Å². The molecule has 0 spiro atoms. The van der Waals surface area contributed by atoms with Crippen molar-refractivity contribution in [2.45, 2.75) is 44.6 Å². The molecule has 34 heavy (non-hydrogen) atoms. The van der Waals surface area contributed by atoms with Gasteiger partial charge < -0.3 is 9.84 Å². The topological polar surface area (TPSA) is 96.8 Å². The molecule has 0 radical (unpaired) electrons. The van der Waals surface area contributed by atoms with Crippen LogP contribution in [-0.4, -0.2) is 60.6 Å². The van der Waals surface area contributed by atoms with E-state index in [1.807, 2.05) is 24.3 Å². The Bertz CT molecular complexity index is 1220. The summed E-state index contributed by atoms with van der Waals surface area (Å²) in [7, 11) is -3.96. The van der Waals surface area contributed by atoms with E-state index in [2.05, 4.69) is 25.8 Å². The van der Waals surface area contributed by atoms with E-state index in [0.717, 1.165) is 11.1 Å². The summed E-state index contributed by atoms with van der Waals surface area (Å²) in [5, 5.41) is 8.96. The maximum absolute atomic E-state index is 13.6. The summed E-state index contributed by atoms with van der Waals surface area (Å²) in [6, 6.07) is 15.9. The molecule has 0 aliphatic carbocycles. The number of hydrogen-bond acceptors (Lipinski definition) is 5. The molecular formula is C25H29N2NaO5S. The van der Waals surface area contributed by atoms with E-state index in [9.17, 15) is 13.2 Å². The number of benzene rings is 2. The first-order valence-electron chi connectivity index (χ1n) is 10.5. The van der Waals surface area contributed by atoms with E-state index >= 15 is 0 Å². The Kier molecular flexibility index (Phi) is 9.30. The van der Waals surface area contributed by atoms with Gasteiger partial charge in [-0.25, -0.2) is 13.2 Å². The molecule has 0 bridgehead atoms. The summed E-state index contributed by atoms with van der Waals surface area (Å²) in [5.41, 5.74) is 2.87. The van der Waals surface area contributed by atoms with Gasteiger partial charge in [0.15, 0.2) is 6.61 Å². The summed E-state index contributed by atoms with van der Waals surface area (Å²) in [5.74, 6) is -0.803. The van der Waals surface area contributed by atoms with Crippen LogP contribution in [0.2, 0.25) is 0 Å². The van der Waals surface area contributed by atoms with Gasteiger partial charge in [-0.05, 0) is 47.7 Å². The van der Waals surface area contributed by atoms with Crippen LogP contribution in [0.3, 0.4) is 0 Å². The van der Waals surface area contributed by atoms with Gasteiger partial charge in [-0.2, -0.15) is 0 Å². The quantitative estimate of drug-likeness (QED) is 0.479. The van der Waals surface area contributed by atoms with E-state index in [1.165, 1.54) is 22.8 Å². The van der Waals surface area contributed by atoms with E-state index < -0.39 is 22.6 Å². The fraction of sp³-hybridized carbons (Fsp3) is 0.280. The zero-order valence-electron chi connectivity index (χ0n) is 19.1. The van der Waals surface area contributed by atoms with Crippen LogP contribution in [0.4, 0.5) is 5.69 Å². The zero-order valence-corrected chi connectivity index (χ0v) is 20.0. The molecule has 0 fully saturated rings. The Hall–Kier alpha value is -2.39.